The topological polar surface area (TPSA) is 52.1 Å². The Balaban J connectivity index is 1.98. The summed E-state index contributed by atoms with van der Waals surface area (Å²) in [5, 5.41) is 4.80. The minimum atomic E-state index is -0.275. The monoisotopic (exact) mass is 312 g/mol. The first-order valence-electron chi connectivity index (χ1n) is 6.07. The number of hydrogen-bond acceptors (Lipinski definition) is 6. The predicted molar refractivity (Wildman–Crippen MR) is 77.3 cm³/mol. The van der Waals surface area contributed by atoms with E-state index < -0.39 is 0 Å². The summed E-state index contributed by atoms with van der Waals surface area (Å²) < 4.78 is 21.7. The van der Waals surface area contributed by atoms with Crippen LogP contribution in [0.1, 0.15) is 13.3 Å². The number of carbonyl (C=O) groups excluding carboxylic acids is 1. The van der Waals surface area contributed by atoms with E-state index in [1.54, 1.807) is 19.1 Å². The average Bonchev–Trinajstić information content (AvgIpc) is 2.88. The summed E-state index contributed by atoms with van der Waals surface area (Å²) in [4.78, 5) is 12.1. The van der Waals surface area contributed by atoms with Crippen LogP contribution in [0.4, 0.5) is 4.39 Å². The second kappa shape index (κ2) is 7.35. The molecule has 2 rings (SSSR count). The Morgan fingerprint density at radius 1 is 1.40 bits per heavy atom. The van der Waals surface area contributed by atoms with Crippen LogP contribution in [-0.2, 0) is 9.53 Å². The number of benzene rings is 1. The van der Waals surface area contributed by atoms with E-state index in [1.807, 2.05) is 0 Å². The van der Waals surface area contributed by atoms with Gasteiger partial charge in [0, 0.05) is 5.75 Å². The maximum atomic E-state index is 12.9. The van der Waals surface area contributed by atoms with Gasteiger partial charge in [0.1, 0.15) is 10.8 Å². The highest BCUT2D eigenvalue weighted by Crippen LogP contribution is 2.32. The van der Waals surface area contributed by atoms with E-state index in [-0.39, 0.29) is 11.8 Å². The third kappa shape index (κ3) is 4.01. The minimum absolute atomic E-state index is 0.216. The molecule has 20 heavy (non-hydrogen) atoms. The molecule has 0 aliphatic carbocycles. The van der Waals surface area contributed by atoms with Crippen molar-refractivity contribution in [3.05, 3.63) is 30.1 Å². The summed E-state index contributed by atoms with van der Waals surface area (Å²) in [5.74, 6) is 0.0904. The predicted octanol–water partition coefficient (Wildman–Crippen LogP) is 3.39. The summed E-state index contributed by atoms with van der Waals surface area (Å²) in [6.07, 6.45) is 0.332. The number of hydrogen-bond donors (Lipinski definition) is 0. The molecular weight excluding hydrogens is 299 g/mol. The van der Waals surface area contributed by atoms with Gasteiger partial charge in [0.05, 0.1) is 17.9 Å². The molecule has 0 amide bonds. The van der Waals surface area contributed by atoms with Crippen molar-refractivity contribution >= 4 is 29.3 Å². The third-order valence-corrected chi connectivity index (χ3v) is 4.29. The van der Waals surface area contributed by atoms with E-state index in [9.17, 15) is 9.18 Å². The van der Waals surface area contributed by atoms with Crippen LogP contribution in [0.15, 0.2) is 29.3 Å². The Morgan fingerprint density at radius 3 is 2.85 bits per heavy atom. The molecule has 0 N–H and O–H groups in total. The lowest BCUT2D eigenvalue weighted by Crippen LogP contribution is -2.04. The second-order valence-corrected chi connectivity index (χ2v) is 5.66. The zero-order valence-corrected chi connectivity index (χ0v) is 12.5. The molecule has 0 bridgehead atoms. The van der Waals surface area contributed by atoms with Gasteiger partial charge in [-0.25, -0.2) is 4.39 Å². The molecule has 0 radical (unpaired) electrons. The summed E-state index contributed by atoms with van der Waals surface area (Å²) in [5.41, 5.74) is 0.875. The van der Waals surface area contributed by atoms with Gasteiger partial charge in [-0.1, -0.05) is 16.6 Å². The van der Waals surface area contributed by atoms with Crippen molar-refractivity contribution in [1.29, 1.82) is 0 Å². The van der Waals surface area contributed by atoms with Crippen molar-refractivity contribution in [1.82, 2.24) is 9.59 Å². The summed E-state index contributed by atoms with van der Waals surface area (Å²) in [6, 6.07) is 6.20. The smallest absolute Gasteiger partial charge is 0.306 e. The molecular formula is C13H13FN2O2S2. The number of nitrogens with zero attached hydrogens (tertiary/aromatic N) is 2. The maximum absolute atomic E-state index is 12.9. The lowest BCUT2D eigenvalue weighted by Gasteiger charge is -2.02. The molecule has 7 heteroatoms. The van der Waals surface area contributed by atoms with Crippen LogP contribution in [0.5, 0.6) is 0 Å². The number of esters is 1. The highest BCUT2D eigenvalue weighted by Gasteiger charge is 2.12. The van der Waals surface area contributed by atoms with E-state index >= 15 is 0 Å². The van der Waals surface area contributed by atoms with Gasteiger partial charge in [0.25, 0.3) is 0 Å². The molecule has 0 atom stereocenters. The lowest BCUT2D eigenvalue weighted by atomic mass is 10.2. The van der Waals surface area contributed by atoms with Crippen LogP contribution in [0.2, 0.25) is 0 Å². The van der Waals surface area contributed by atoms with Crippen LogP contribution in [0.3, 0.4) is 0 Å². The van der Waals surface area contributed by atoms with Crippen LogP contribution < -0.4 is 0 Å². The number of rotatable bonds is 6. The van der Waals surface area contributed by atoms with Gasteiger partial charge in [0.15, 0.2) is 0 Å². The molecule has 0 saturated heterocycles. The first-order valence-corrected chi connectivity index (χ1v) is 7.83. The van der Waals surface area contributed by atoms with Gasteiger partial charge >= 0.3 is 5.97 Å². The number of carbonyl (C=O) groups is 1. The van der Waals surface area contributed by atoms with Crippen LogP contribution in [0.25, 0.3) is 10.4 Å². The average molecular weight is 312 g/mol. The zero-order valence-electron chi connectivity index (χ0n) is 10.8. The Kier molecular flexibility index (Phi) is 5.49. The Bertz CT molecular complexity index is 572. The highest BCUT2D eigenvalue weighted by atomic mass is 32.2. The van der Waals surface area contributed by atoms with Crippen LogP contribution in [-0.4, -0.2) is 27.9 Å². The molecule has 4 nitrogen and oxygen atoms in total. The first-order chi connectivity index (χ1) is 9.70. The molecule has 0 saturated carbocycles. The largest absolute Gasteiger partial charge is 0.466 e. The third-order valence-electron chi connectivity index (χ3n) is 2.41. The summed E-state index contributed by atoms with van der Waals surface area (Å²) in [6.45, 7) is 2.17. The van der Waals surface area contributed by atoms with Gasteiger partial charge in [-0.3, -0.25) is 4.79 Å². The number of halogens is 1. The quantitative estimate of drug-likeness (QED) is 0.604. The van der Waals surface area contributed by atoms with Crippen molar-refractivity contribution in [2.75, 3.05) is 12.4 Å². The number of ether oxygens (including phenoxy) is 1. The Morgan fingerprint density at radius 2 is 2.15 bits per heavy atom. The molecule has 0 aliphatic rings. The molecule has 2 aromatic rings. The van der Waals surface area contributed by atoms with Crippen molar-refractivity contribution in [3.8, 4) is 10.4 Å². The zero-order chi connectivity index (χ0) is 14.4. The minimum Gasteiger partial charge on any atom is -0.466 e. The number of thioether (sulfide) groups is 1. The van der Waals surface area contributed by atoms with E-state index in [1.165, 1.54) is 35.4 Å². The normalized spacial score (nSPS) is 10.5. The lowest BCUT2D eigenvalue weighted by molar-refractivity contribution is -0.142. The molecule has 0 aliphatic heterocycles. The van der Waals surface area contributed by atoms with Gasteiger partial charge in [-0.2, -0.15) is 0 Å². The van der Waals surface area contributed by atoms with E-state index in [4.69, 9.17) is 4.74 Å². The van der Waals surface area contributed by atoms with Crippen molar-refractivity contribution in [2.24, 2.45) is 0 Å². The number of aromatic nitrogens is 2. The van der Waals surface area contributed by atoms with Crippen molar-refractivity contribution in [3.63, 3.8) is 0 Å². The maximum Gasteiger partial charge on any atom is 0.306 e. The van der Waals surface area contributed by atoms with Crippen molar-refractivity contribution < 1.29 is 13.9 Å². The van der Waals surface area contributed by atoms with Crippen LogP contribution >= 0.6 is 23.3 Å². The SMILES string of the molecule is CCOC(=O)CCSc1nnsc1-c1ccc(F)cc1. The fourth-order valence-electron chi connectivity index (χ4n) is 1.52. The fraction of sp³-hybridized carbons (Fsp3) is 0.308. The molecule has 0 fully saturated rings. The Labute approximate surface area is 124 Å². The fourth-order valence-corrected chi connectivity index (χ4v) is 3.23. The molecule has 106 valence electrons. The molecule has 1 aromatic heterocycles. The Hall–Kier alpha value is -1.47. The molecule has 0 spiro atoms. The first kappa shape index (κ1) is 14.9. The van der Waals surface area contributed by atoms with E-state index in [0.29, 0.717) is 18.8 Å². The van der Waals surface area contributed by atoms with E-state index in [2.05, 4.69) is 9.59 Å². The highest BCUT2D eigenvalue weighted by molar-refractivity contribution is 7.99. The second-order valence-electron chi connectivity index (χ2n) is 3.82. The summed E-state index contributed by atoms with van der Waals surface area (Å²) >= 11 is 2.71. The molecule has 1 aromatic carbocycles. The molecule has 0 unspecified atom stereocenters. The molecule has 1 heterocycles. The summed E-state index contributed by atoms with van der Waals surface area (Å²) in [7, 11) is 0. The van der Waals surface area contributed by atoms with Gasteiger partial charge in [-0.15, -0.1) is 16.9 Å². The van der Waals surface area contributed by atoms with Crippen LogP contribution in [0, 0.1) is 5.82 Å². The van der Waals surface area contributed by atoms with Gasteiger partial charge in [0.2, 0.25) is 0 Å². The van der Waals surface area contributed by atoms with Crippen molar-refractivity contribution in [2.45, 2.75) is 18.4 Å². The van der Waals surface area contributed by atoms with E-state index in [0.717, 1.165) is 15.5 Å². The van der Waals surface area contributed by atoms with Gasteiger partial charge < -0.3 is 4.74 Å². The standard InChI is InChI=1S/C13H13FN2O2S2/c1-2-18-11(17)7-8-19-13-12(20-16-15-13)9-3-5-10(14)6-4-9/h3-6H,2,7-8H2,1H3. The van der Waals surface area contributed by atoms with Gasteiger partial charge in [-0.05, 0) is 36.2 Å².